The minimum atomic E-state index is -3.72. The molecule has 0 aliphatic rings. The highest BCUT2D eigenvalue weighted by Crippen LogP contribution is 2.21. The quantitative estimate of drug-likeness (QED) is 0.269. The standard InChI is InChI=1S/C26H22ClN5O3S/c27-21-7-3-5-19(13-21)11-12-36(33,34)30-22-8-4-9-25(15-22)35-18-24-17-32(31-29-24)16-23-14-20-6-1-2-10-26(20)28-23/h1-15,17,28,30H,16,18H2/b12-11+. The second kappa shape index (κ2) is 10.3. The number of hydrogen-bond acceptors (Lipinski definition) is 5. The molecule has 8 nitrogen and oxygen atoms in total. The van der Waals surface area contributed by atoms with E-state index in [9.17, 15) is 8.42 Å². The second-order valence-corrected chi connectivity index (χ2v) is 10.1. The number of para-hydroxylation sites is 1. The van der Waals surface area contributed by atoms with Gasteiger partial charge in [0.15, 0.2) is 0 Å². The number of nitrogens with one attached hydrogen (secondary N) is 2. The van der Waals surface area contributed by atoms with Crippen molar-refractivity contribution in [1.82, 2.24) is 20.0 Å². The minimum absolute atomic E-state index is 0.192. The van der Waals surface area contributed by atoms with Crippen molar-refractivity contribution in [2.45, 2.75) is 13.2 Å². The average molecular weight is 520 g/mol. The Morgan fingerprint density at radius 1 is 1.03 bits per heavy atom. The predicted molar refractivity (Wildman–Crippen MR) is 141 cm³/mol. The van der Waals surface area contributed by atoms with Crippen LogP contribution < -0.4 is 9.46 Å². The average Bonchev–Trinajstić information content (AvgIpc) is 3.48. The van der Waals surface area contributed by atoms with Crippen LogP contribution in [0.3, 0.4) is 0 Å². The number of fused-ring (bicyclic) bond motifs is 1. The number of nitrogens with zero attached hydrogens (tertiary/aromatic N) is 3. The van der Waals surface area contributed by atoms with Gasteiger partial charge in [-0.05, 0) is 53.4 Å². The van der Waals surface area contributed by atoms with E-state index in [-0.39, 0.29) is 6.61 Å². The first-order valence-corrected chi connectivity index (χ1v) is 13.0. The van der Waals surface area contributed by atoms with E-state index in [1.54, 1.807) is 53.2 Å². The second-order valence-electron chi connectivity index (χ2n) is 8.11. The van der Waals surface area contributed by atoms with Gasteiger partial charge in [0.1, 0.15) is 18.1 Å². The van der Waals surface area contributed by atoms with Crippen LogP contribution >= 0.6 is 11.6 Å². The van der Waals surface area contributed by atoms with Crippen molar-refractivity contribution in [2.75, 3.05) is 4.72 Å². The third-order valence-electron chi connectivity index (χ3n) is 5.27. The maximum absolute atomic E-state index is 12.5. The monoisotopic (exact) mass is 519 g/mol. The number of ether oxygens (including phenoxy) is 1. The molecule has 0 amide bonds. The Kier molecular flexibility index (Phi) is 6.75. The largest absolute Gasteiger partial charge is 0.487 e. The summed E-state index contributed by atoms with van der Waals surface area (Å²) in [5.74, 6) is 0.499. The van der Waals surface area contributed by atoms with Gasteiger partial charge in [-0.1, -0.05) is 53.2 Å². The number of hydrogen-bond donors (Lipinski definition) is 2. The van der Waals surface area contributed by atoms with Crippen LogP contribution in [-0.2, 0) is 23.2 Å². The van der Waals surface area contributed by atoms with Crippen molar-refractivity contribution in [3.05, 3.63) is 112 Å². The molecule has 0 radical (unpaired) electrons. The Morgan fingerprint density at radius 2 is 1.89 bits per heavy atom. The van der Waals surface area contributed by atoms with Crippen LogP contribution in [0, 0.1) is 0 Å². The fourth-order valence-electron chi connectivity index (χ4n) is 3.66. The van der Waals surface area contributed by atoms with Gasteiger partial charge >= 0.3 is 0 Å². The number of halogens is 1. The van der Waals surface area contributed by atoms with Crippen LogP contribution in [0.5, 0.6) is 5.75 Å². The summed E-state index contributed by atoms with van der Waals surface area (Å²) in [5.41, 5.74) is 3.82. The predicted octanol–water partition coefficient (Wildman–Crippen LogP) is 5.45. The third kappa shape index (κ3) is 6.12. The molecule has 5 rings (SSSR count). The van der Waals surface area contributed by atoms with E-state index in [4.69, 9.17) is 16.3 Å². The molecule has 0 aliphatic carbocycles. The molecule has 2 N–H and O–H groups in total. The van der Waals surface area contributed by atoms with Crippen molar-refractivity contribution in [2.24, 2.45) is 0 Å². The Labute approximate surface area is 213 Å². The number of sulfonamides is 1. The fourth-order valence-corrected chi connectivity index (χ4v) is 4.72. The molecule has 0 saturated carbocycles. The summed E-state index contributed by atoms with van der Waals surface area (Å²) >= 11 is 5.94. The summed E-state index contributed by atoms with van der Waals surface area (Å²) in [6.07, 6.45) is 3.30. The summed E-state index contributed by atoms with van der Waals surface area (Å²) < 4.78 is 35.0. The zero-order valence-corrected chi connectivity index (χ0v) is 20.6. The van der Waals surface area contributed by atoms with Crippen LogP contribution in [0.2, 0.25) is 5.02 Å². The molecule has 0 atom stereocenters. The van der Waals surface area contributed by atoms with E-state index in [0.29, 0.717) is 34.3 Å². The lowest BCUT2D eigenvalue weighted by molar-refractivity contribution is 0.301. The molecule has 3 aromatic carbocycles. The Bertz CT molecular complexity index is 1610. The molecule has 2 heterocycles. The number of aromatic nitrogens is 4. The fraction of sp³-hybridized carbons (Fsp3) is 0.0769. The van der Waals surface area contributed by atoms with Gasteiger partial charge in [-0.3, -0.25) is 4.72 Å². The van der Waals surface area contributed by atoms with E-state index >= 15 is 0 Å². The highest BCUT2D eigenvalue weighted by Gasteiger charge is 2.09. The van der Waals surface area contributed by atoms with Gasteiger partial charge in [-0.25, -0.2) is 13.1 Å². The Hall–Kier alpha value is -4.08. The zero-order valence-electron chi connectivity index (χ0n) is 19.0. The van der Waals surface area contributed by atoms with Crippen LogP contribution in [0.1, 0.15) is 17.0 Å². The van der Waals surface area contributed by atoms with E-state index in [1.807, 2.05) is 24.4 Å². The van der Waals surface area contributed by atoms with Crippen molar-refractivity contribution in [3.63, 3.8) is 0 Å². The van der Waals surface area contributed by atoms with Gasteiger partial charge in [0, 0.05) is 22.3 Å². The third-order valence-corrected chi connectivity index (χ3v) is 6.52. The summed E-state index contributed by atoms with van der Waals surface area (Å²) in [5, 5.41) is 11.1. The molecular weight excluding hydrogens is 498 g/mol. The maximum atomic E-state index is 12.5. The molecule has 0 saturated heterocycles. The molecule has 0 aliphatic heterocycles. The van der Waals surface area contributed by atoms with E-state index in [1.165, 1.54) is 6.08 Å². The van der Waals surface area contributed by atoms with Crippen LogP contribution in [0.4, 0.5) is 5.69 Å². The molecule has 0 bridgehead atoms. The molecule has 0 fully saturated rings. The van der Waals surface area contributed by atoms with Gasteiger partial charge in [0.05, 0.1) is 23.8 Å². The van der Waals surface area contributed by atoms with Gasteiger partial charge < -0.3 is 9.72 Å². The number of benzene rings is 3. The zero-order chi connectivity index (χ0) is 25.0. The topological polar surface area (TPSA) is 102 Å². The van der Waals surface area contributed by atoms with Crippen molar-refractivity contribution in [3.8, 4) is 5.75 Å². The van der Waals surface area contributed by atoms with Gasteiger partial charge in [-0.15, -0.1) is 5.10 Å². The molecule has 0 unspecified atom stereocenters. The Balaban J connectivity index is 1.18. The van der Waals surface area contributed by atoms with Crippen LogP contribution in [0.15, 0.2) is 90.5 Å². The van der Waals surface area contributed by atoms with Crippen molar-refractivity contribution in [1.29, 1.82) is 0 Å². The summed E-state index contributed by atoms with van der Waals surface area (Å²) in [6.45, 7) is 0.749. The number of H-pyrrole nitrogens is 1. The molecule has 10 heteroatoms. The SMILES string of the molecule is O=S(=O)(/C=C/c1cccc(Cl)c1)Nc1cccc(OCc2cn(Cc3cc4ccccc4[nH]3)nn2)c1. The lowest BCUT2D eigenvalue weighted by Gasteiger charge is -2.08. The number of aromatic amines is 1. The maximum Gasteiger partial charge on any atom is 0.255 e. The highest BCUT2D eigenvalue weighted by atomic mass is 35.5. The molecule has 2 aromatic heterocycles. The number of anilines is 1. The minimum Gasteiger partial charge on any atom is -0.487 e. The Morgan fingerprint density at radius 3 is 2.75 bits per heavy atom. The molecule has 182 valence electrons. The molecular formula is C26H22ClN5O3S. The van der Waals surface area contributed by atoms with E-state index in [0.717, 1.165) is 22.0 Å². The smallest absolute Gasteiger partial charge is 0.255 e. The highest BCUT2D eigenvalue weighted by molar-refractivity contribution is 7.95. The van der Waals surface area contributed by atoms with E-state index in [2.05, 4.69) is 32.2 Å². The molecule has 0 spiro atoms. The first-order valence-electron chi connectivity index (χ1n) is 11.1. The van der Waals surface area contributed by atoms with Gasteiger partial charge in [0.25, 0.3) is 10.0 Å². The van der Waals surface area contributed by atoms with Crippen molar-refractivity contribution < 1.29 is 13.2 Å². The van der Waals surface area contributed by atoms with Crippen LogP contribution in [0.25, 0.3) is 17.0 Å². The first-order chi connectivity index (χ1) is 17.4. The van der Waals surface area contributed by atoms with Crippen LogP contribution in [-0.4, -0.2) is 28.4 Å². The van der Waals surface area contributed by atoms with Crippen molar-refractivity contribution >= 4 is 44.3 Å². The lowest BCUT2D eigenvalue weighted by atomic mass is 10.2. The molecule has 5 aromatic rings. The molecule has 36 heavy (non-hydrogen) atoms. The lowest BCUT2D eigenvalue weighted by Crippen LogP contribution is -2.09. The first kappa shape index (κ1) is 23.7. The van der Waals surface area contributed by atoms with E-state index < -0.39 is 10.0 Å². The summed E-state index contributed by atoms with van der Waals surface area (Å²) in [6, 6.07) is 23.8. The number of rotatable bonds is 9. The normalized spacial score (nSPS) is 11.8. The summed E-state index contributed by atoms with van der Waals surface area (Å²) in [7, 11) is -3.72. The van der Waals surface area contributed by atoms with Gasteiger partial charge in [-0.2, -0.15) is 0 Å². The summed E-state index contributed by atoms with van der Waals surface area (Å²) in [4.78, 5) is 3.37. The van der Waals surface area contributed by atoms with Gasteiger partial charge in [0.2, 0.25) is 0 Å².